The predicted octanol–water partition coefficient (Wildman–Crippen LogP) is 5.03. The Balaban J connectivity index is 1.76. The van der Waals surface area contributed by atoms with Crippen LogP contribution in [0.4, 0.5) is 10.5 Å². The van der Waals surface area contributed by atoms with Crippen molar-refractivity contribution in [3.8, 4) is 5.69 Å². The summed E-state index contributed by atoms with van der Waals surface area (Å²) in [5.74, 6) is -1.40. The Labute approximate surface area is 191 Å². The predicted molar refractivity (Wildman–Crippen MR) is 125 cm³/mol. The number of hydrogen-bond acceptors (Lipinski definition) is 3. The molecule has 0 radical (unpaired) electrons. The monoisotopic (exact) mass is 447 g/mol. The summed E-state index contributed by atoms with van der Waals surface area (Å²) in [5, 5.41) is 2.72. The minimum atomic E-state index is -0.792. The van der Waals surface area contributed by atoms with Gasteiger partial charge in [-0.25, -0.2) is 9.69 Å². The first-order chi connectivity index (χ1) is 15.2. The van der Waals surface area contributed by atoms with Gasteiger partial charge in [0.05, 0.1) is 5.69 Å². The molecule has 1 aromatic heterocycles. The van der Waals surface area contributed by atoms with E-state index in [9.17, 15) is 14.4 Å². The van der Waals surface area contributed by atoms with Crippen molar-refractivity contribution in [3.05, 3.63) is 87.2 Å². The number of imide groups is 2. The van der Waals surface area contributed by atoms with Crippen molar-refractivity contribution in [2.45, 2.75) is 27.7 Å². The van der Waals surface area contributed by atoms with Crippen LogP contribution in [0.3, 0.4) is 0 Å². The number of halogens is 1. The van der Waals surface area contributed by atoms with Crippen LogP contribution in [0.25, 0.3) is 11.8 Å². The minimum absolute atomic E-state index is 0.111. The van der Waals surface area contributed by atoms with E-state index in [1.165, 1.54) is 17.2 Å². The Morgan fingerprint density at radius 1 is 0.844 bits per heavy atom. The summed E-state index contributed by atoms with van der Waals surface area (Å²) in [6.45, 7) is 8.02. The fraction of sp³-hybridized carbons (Fsp3) is 0.160. The van der Waals surface area contributed by atoms with Crippen LogP contribution in [0.15, 0.2) is 54.1 Å². The van der Waals surface area contributed by atoms with Gasteiger partial charge in [-0.2, -0.15) is 0 Å². The van der Waals surface area contributed by atoms with Gasteiger partial charge in [0.2, 0.25) is 0 Å². The van der Waals surface area contributed by atoms with E-state index in [4.69, 9.17) is 11.6 Å². The topological polar surface area (TPSA) is 71.4 Å². The molecule has 0 atom stereocenters. The van der Waals surface area contributed by atoms with Gasteiger partial charge >= 0.3 is 6.03 Å². The van der Waals surface area contributed by atoms with Crippen molar-refractivity contribution in [2.75, 3.05) is 4.90 Å². The quantitative estimate of drug-likeness (QED) is 0.452. The number of carbonyl (C=O) groups is 3. The van der Waals surface area contributed by atoms with E-state index in [0.29, 0.717) is 10.7 Å². The van der Waals surface area contributed by atoms with Crippen LogP contribution >= 0.6 is 11.6 Å². The lowest BCUT2D eigenvalue weighted by Crippen LogP contribution is -2.54. The van der Waals surface area contributed by atoms with E-state index in [1.54, 1.807) is 24.3 Å². The molecule has 1 aliphatic rings. The molecule has 6 nitrogen and oxygen atoms in total. The number of carbonyl (C=O) groups excluding carboxylic acids is 3. The number of nitrogens with one attached hydrogen (secondary N) is 1. The van der Waals surface area contributed by atoms with E-state index in [0.717, 1.165) is 27.5 Å². The van der Waals surface area contributed by atoms with Gasteiger partial charge in [0, 0.05) is 22.1 Å². The minimum Gasteiger partial charge on any atom is -0.318 e. The Kier molecular flexibility index (Phi) is 5.48. The number of urea groups is 1. The molecule has 162 valence electrons. The first-order valence-corrected chi connectivity index (χ1v) is 10.5. The van der Waals surface area contributed by atoms with Crippen molar-refractivity contribution in [1.82, 2.24) is 9.88 Å². The number of rotatable bonds is 3. The molecular weight excluding hydrogens is 426 g/mol. The van der Waals surface area contributed by atoms with Crippen LogP contribution in [-0.4, -0.2) is 22.4 Å². The molecule has 1 aliphatic heterocycles. The average Bonchev–Trinajstić information content (AvgIpc) is 3.01. The van der Waals surface area contributed by atoms with Crippen LogP contribution < -0.4 is 10.2 Å². The van der Waals surface area contributed by atoms with Gasteiger partial charge < -0.3 is 4.57 Å². The third-order valence-corrected chi connectivity index (χ3v) is 5.96. The first-order valence-electron chi connectivity index (χ1n) is 10.1. The van der Waals surface area contributed by atoms with Gasteiger partial charge in [-0.1, -0.05) is 17.7 Å². The zero-order valence-corrected chi connectivity index (χ0v) is 18.9. The molecule has 1 saturated heterocycles. The Morgan fingerprint density at radius 2 is 1.50 bits per heavy atom. The summed E-state index contributed by atoms with van der Waals surface area (Å²) >= 11 is 5.91. The first kappa shape index (κ1) is 21.6. The van der Waals surface area contributed by atoms with Crippen molar-refractivity contribution < 1.29 is 14.4 Å². The molecule has 3 aromatic rings. The van der Waals surface area contributed by atoms with Crippen LogP contribution in [-0.2, 0) is 9.59 Å². The van der Waals surface area contributed by atoms with Crippen LogP contribution in [0, 0.1) is 27.7 Å². The second kappa shape index (κ2) is 8.13. The van der Waals surface area contributed by atoms with Crippen molar-refractivity contribution in [2.24, 2.45) is 0 Å². The maximum atomic E-state index is 13.1. The summed E-state index contributed by atoms with van der Waals surface area (Å²) < 4.78 is 2.08. The highest BCUT2D eigenvalue weighted by Gasteiger charge is 2.37. The Bertz CT molecular complexity index is 1300. The summed E-state index contributed by atoms with van der Waals surface area (Å²) in [6.07, 6.45) is 1.53. The second-order valence-corrected chi connectivity index (χ2v) is 8.30. The molecule has 1 fully saturated rings. The highest BCUT2D eigenvalue weighted by atomic mass is 35.5. The maximum absolute atomic E-state index is 13.1. The summed E-state index contributed by atoms with van der Waals surface area (Å²) in [4.78, 5) is 39.0. The van der Waals surface area contributed by atoms with Gasteiger partial charge in [-0.3, -0.25) is 14.9 Å². The molecule has 0 aliphatic carbocycles. The fourth-order valence-electron chi connectivity index (χ4n) is 3.83. The average molecular weight is 448 g/mol. The third-order valence-electron chi connectivity index (χ3n) is 5.71. The summed E-state index contributed by atoms with van der Waals surface area (Å²) in [6, 6.07) is 13.6. The van der Waals surface area contributed by atoms with Gasteiger partial charge in [0.15, 0.2) is 0 Å². The molecule has 0 unspecified atom stereocenters. The SMILES string of the molecule is Cc1ccc(-n2c(C)cc(/C=C3\C(=O)NC(=O)N(c4ccc(Cl)cc4)C3=O)c2C)cc1C. The lowest BCUT2D eigenvalue weighted by molar-refractivity contribution is -0.122. The standard InChI is InChI=1S/C25H22ClN3O3/c1-14-5-8-21(11-15(14)2)28-16(3)12-18(17(28)4)13-22-23(30)27-25(32)29(24(22)31)20-9-6-19(26)7-10-20/h5-13H,1-4H3,(H,27,30,32)/b22-13+. The van der Waals surface area contributed by atoms with E-state index in [2.05, 4.69) is 35.9 Å². The molecule has 32 heavy (non-hydrogen) atoms. The summed E-state index contributed by atoms with van der Waals surface area (Å²) in [5.41, 5.74) is 6.18. The van der Waals surface area contributed by atoms with Gasteiger partial charge in [0.1, 0.15) is 5.57 Å². The molecule has 0 spiro atoms. The van der Waals surface area contributed by atoms with Crippen LogP contribution in [0.5, 0.6) is 0 Å². The number of anilines is 1. The maximum Gasteiger partial charge on any atom is 0.335 e. The lowest BCUT2D eigenvalue weighted by atomic mass is 10.1. The smallest absolute Gasteiger partial charge is 0.318 e. The van der Waals surface area contributed by atoms with E-state index in [-0.39, 0.29) is 5.57 Å². The normalized spacial score (nSPS) is 15.5. The molecule has 1 N–H and O–H groups in total. The summed E-state index contributed by atoms with van der Waals surface area (Å²) in [7, 11) is 0. The number of nitrogens with zero attached hydrogens (tertiary/aromatic N) is 2. The zero-order valence-electron chi connectivity index (χ0n) is 18.2. The fourth-order valence-corrected chi connectivity index (χ4v) is 3.96. The number of aryl methyl sites for hydroxylation is 3. The molecule has 7 heteroatoms. The van der Waals surface area contributed by atoms with E-state index in [1.807, 2.05) is 26.0 Å². The number of amides is 4. The van der Waals surface area contributed by atoms with Gasteiger partial charge in [0.25, 0.3) is 11.8 Å². The number of barbiturate groups is 1. The molecule has 4 rings (SSSR count). The van der Waals surface area contributed by atoms with Crippen molar-refractivity contribution in [3.63, 3.8) is 0 Å². The molecule has 2 heterocycles. The highest BCUT2D eigenvalue weighted by molar-refractivity contribution is 6.39. The Morgan fingerprint density at radius 3 is 2.16 bits per heavy atom. The highest BCUT2D eigenvalue weighted by Crippen LogP contribution is 2.27. The van der Waals surface area contributed by atoms with E-state index < -0.39 is 17.8 Å². The van der Waals surface area contributed by atoms with E-state index >= 15 is 0 Å². The molecule has 0 saturated carbocycles. The zero-order chi connectivity index (χ0) is 23.2. The molecule has 0 bridgehead atoms. The Hall–Kier alpha value is -3.64. The van der Waals surface area contributed by atoms with Gasteiger partial charge in [-0.15, -0.1) is 0 Å². The van der Waals surface area contributed by atoms with Crippen molar-refractivity contribution in [1.29, 1.82) is 0 Å². The molecule has 4 amide bonds. The number of aromatic nitrogens is 1. The van der Waals surface area contributed by atoms with Gasteiger partial charge in [-0.05, 0) is 92.9 Å². The number of hydrogen-bond donors (Lipinski definition) is 1. The second-order valence-electron chi connectivity index (χ2n) is 7.86. The lowest BCUT2D eigenvalue weighted by Gasteiger charge is -2.26. The van der Waals surface area contributed by atoms with Crippen molar-refractivity contribution >= 4 is 41.2 Å². The number of benzene rings is 2. The van der Waals surface area contributed by atoms with Crippen LogP contribution in [0.2, 0.25) is 5.02 Å². The molecule has 2 aromatic carbocycles. The largest absolute Gasteiger partial charge is 0.335 e. The third kappa shape index (κ3) is 3.74. The molecular formula is C25H22ClN3O3. The van der Waals surface area contributed by atoms with Crippen LogP contribution in [0.1, 0.15) is 28.1 Å².